The van der Waals surface area contributed by atoms with Crippen molar-refractivity contribution < 1.29 is 33.8 Å². The van der Waals surface area contributed by atoms with Crippen molar-refractivity contribution in [2.24, 2.45) is 0 Å². The van der Waals surface area contributed by atoms with Gasteiger partial charge >= 0.3 is 12.1 Å². The molecule has 3 aromatic carbocycles. The second-order valence-corrected chi connectivity index (χ2v) is 9.50. The van der Waals surface area contributed by atoms with E-state index in [0.29, 0.717) is 11.3 Å². The number of aliphatic carboxylic acids is 1. The van der Waals surface area contributed by atoms with Gasteiger partial charge in [-0.3, -0.25) is 10.1 Å². The monoisotopic (exact) mass is 538 g/mol. The van der Waals surface area contributed by atoms with Gasteiger partial charge in [-0.05, 0) is 28.3 Å². The maximum Gasteiger partial charge on any atom is 0.407 e. The molecule has 1 aliphatic carbocycles. The molecule has 0 saturated carbocycles. The van der Waals surface area contributed by atoms with Crippen molar-refractivity contribution >= 4 is 29.5 Å². The number of fused-ring (bicyclic) bond motifs is 3. The van der Waals surface area contributed by atoms with Crippen LogP contribution in [0.1, 0.15) is 22.6 Å². The number of thioether (sulfide) groups is 1. The average Bonchev–Trinajstić information content (AvgIpc) is 3.24. The van der Waals surface area contributed by atoms with Gasteiger partial charge < -0.3 is 24.6 Å². The van der Waals surface area contributed by atoms with E-state index in [2.05, 4.69) is 5.32 Å². The number of carbonyl (C=O) groups is 2. The van der Waals surface area contributed by atoms with E-state index in [4.69, 9.17) is 14.2 Å². The Balaban J connectivity index is 1.37. The fourth-order valence-electron chi connectivity index (χ4n) is 4.44. The van der Waals surface area contributed by atoms with E-state index >= 15 is 0 Å². The molecule has 0 bridgehead atoms. The van der Waals surface area contributed by atoms with Crippen LogP contribution in [-0.4, -0.2) is 54.7 Å². The van der Waals surface area contributed by atoms with Crippen LogP contribution in [0.5, 0.6) is 11.5 Å². The summed E-state index contributed by atoms with van der Waals surface area (Å²) in [5.41, 5.74) is 4.42. The topological polar surface area (TPSA) is 137 Å². The first-order chi connectivity index (χ1) is 18.3. The lowest BCUT2D eigenvalue weighted by atomic mass is 9.98. The zero-order valence-electron chi connectivity index (χ0n) is 20.7. The van der Waals surface area contributed by atoms with Gasteiger partial charge in [0.25, 0.3) is 5.69 Å². The lowest BCUT2D eigenvalue weighted by molar-refractivity contribution is -0.385. The molecule has 0 unspecified atom stereocenters. The van der Waals surface area contributed by atoms with Gasteiger partial charge in [0.15, 0.2) is 11.5 Å². The van der Waals surface area contributed by atoms with Crippen LogP contribution in [0.3, 0.4) is 0 Å². The van der Waals surface area contributed by atoms with Crippen LogP contribution in [0.2, 0.25) is 0 Å². The van der Waals surface area contributed by atoms with Gasteiger partial charge in [-0.25, -0.2) is 9.59 Å². The van der Waals surface area contributed by atoms with Crippen LogP contribution >= 0.6 is 11.8 Å². The van der Waals surface area contributed by atoms with E-state index in [9.17, 15) is 24.8 Å². The van der Waals surface area contributed by atoms with Gasteiger partial charge in [0.2, 0.25) is 0 Å². The van der Waals surface area contributed by atoms with Gasteiger partial charge in [0, 0.05) is 23.0 Å². The molecule has 10 nitrogen and oxygen atoms in total. The van der Waals surface area contributed by atoms with E-state index in [1.54, 1.807) is 0 Å². The highest BCUT2D eigenvalue weighted by Crippen LogP contribution is 2.44. The van der Waals surface area contributed by atoms with Crippen LogP contribution in [0.25, 0.3) is 11.1 Å². The molecule has 0 fully saturated rings. The zero-order valence-corrected chi connectivity index (χ0v) is 21.5. The summed E-state index contributed by atoms with van der Waals surface area (Å²) in [5, 5.41) is 23.5. The smallest absolute Gasteiger partial charge is 0.407 e. The lowest BCUT2D eigenvalue weighted by Gasteiger charge is -2.17. The Bertz CT molecular complexity index is 1320. The highest BCUT2D eigenvalue weighted by molar-refractivity contribution is 7.98. The number of carboxylic acids is 1. The summed E-state index contributed by atoms with van der Waals surface area (Å²) in [7, 11) is 2.79. The third-order valence-electron chi connectivity index (χ3n) is 6.26. The first-order valence-corrected chi connectivity index (χ1v) is 12.8. The second kappa shape index (κ2) is 11.9. The van der Waals surface area contributed by atoms with Crippen molar-refractivity contribution in [3.63, 3.8) is 0 Å². The van der Waals surface area contributed by atoms with E-state index in [-0.39, 0.29) is 35.5 Å². The Kier molecular flexibility index (Phi) is 8.37. The van der Waals surface area contributed by atoms with Crippen LogP contribution in [-0.2, 0) is 15.3 Å². The molecule has 1 aliphatic rings. The van der Waals surface area contributed by atoms with Gasteiger partial charge in [0.1, 0.15) is 12.6 Å². The Morgan fingerprint density at radius 2 is 1.61 bits per heavy atom. The molecule has 3 aromatic rings. The van der Waals surface area contributed by atoms with Gasteiger partial charge in [-0.15, -0.1) is 0 Å². The molecule has 4 rings (SSSR count). The van der Waals surface area contributed by atoms with E-state index in [1.165, 1.54) is 26.4 Å². The minimum Gasteiger partial charge on any atom is -0.493 e. The number of hydrogen-bond donors (Lipinski definition) is 2. The molecule has 1 atom stereocenters. The summed E-state index contributed by atoms with van der Waals surface area (Å²) < 4.78 is 15.8. The maximum absolute atomic E-state index is 12.5. The molecule has 0 aromatic heterocycles. The largest absolute Gasteiger partial charge is 0.493 e. The van der Waals surface area contributed by atoms with Crippen LogP contribution < -0.4 is 14.8 Å². The molecule has 0 radical (unpaired) electrons. The fraction of sp³-hybridized carbons (Fsp3) is 0.259. The second-order valence-electron chi connectivity index (χ2n) is 8.47. The molecular weight excluding hydrogens is 512 g/mol. The van der Waals surface area contributed by atoms with Crippen molar-refractivity contribution in [1.29, 1.82) is 0 Å². The molecule has 2 N–H and O–H groups in total. The summed E-state index contributed by atoms with van der Waals surface area (Å²) in [5.74, 6) is -0.782. The third-order valence-corrected chi connectivity index (χ3v) is 7.34. The first-order valence-electron chi connectivity index (χ1n) is 11.6. The molecule has 1 amide bonds. The van der Waals surface area contributed by atoms with Crippen molar-refractivity contribution in [3.8, 4) is 22.6 Å². The lowest BCUT2D eigenvalue weighted by Crippen LogP contribution is -2.43. The number of amides is 1. The number of alkyl carbamates (subject to hydrolysis) is 1. The normalized spacial score (nSPS) is 12.7. The summed E-state index contributed by atoms with van der Waals surface area (Å²) in [4.78, 5) is 35.3. The average molecular weight is 539 g/mol. The number of nitro benzene ring substituents is 1. The number of rotatable bonds is 11. The molecule has 198 valence electrons. The van der Waals surface area contributed by atoms with Gasteiger partial charge in [0.05, 0.1) is 25.2 Å². The number of nitro groups is 1. The third kappa shape index (κ3) is 5.67. The molecule has 38 heavy (non-hydrogen) atoms. The number of carboxylic acid groups (broad SMARTS) is 1. The van der Waals surface area contributed by atoms with E-state index in [1.807, 2.05) is 48.5 Å². The Morgan fingerprint density at radius 3 is 2.16 bits per heavy atom. The quantitative estimate of drug-likeness (QED) is 0.259. The minimum atomic E-state index is -1.25. The predicted molar refractivity (Wildman–Crippen MR) is 142 cm³/mol. The molecule has 11 heteroatoms. The summed E-state index contributed by atoms with van der Waals surface area (Å²) >= 11 is 1.12. The summed E-state index contributed by atoms with van der Waals surface area (Å²) in [6, 6.07) is 17.3. The standard InChI is InChI=1S/C27H26N2O8S/c1-35-24-11-16(23(29(33)34)12-25(24)36-2)14-38-15-22(26(30)31)28-27(32)37-13-21-19-9-5-3-7-17(19)18-8-4-6-10-20(18)21/h3-12,21-22H,13-15H2,1-2H3,(H,28,32)(H,30,31)/t22-/m0/s1. The predicted octanol–water partition coefficient (Wildman–Crippen LogP) is 4.84. The van der Waals surface area contributed by atoms with Crippen LogP contribution in [0.4, 0.5) is 10.5 Å². The number of methoxy groups -OCH3 is 2. The fourth-order valence-corrected chi connectivity index (χ4v) is 5.47. The summed E-state index contributed by atoms with van der Waals surface area (Å²) in [6.45, 7) is 0.0528. The molecular formula is C27H26N2O8S. The van der Waals surface area contributed by atoms with E-state index < -0.39 is 23.0 Å². The zero-order chi connectivity index (χ0) is 27.2. The number of hydrogen-bond acceptors (Lipinski definition) is 8. The SMILES string of the molecule is COc1cc(CSC[C@H](NC(=O)OCC2c3ccccc3-c3ccccc32)C(=O)O)c([N+](=O)[O-])cc1OC. The Labute approximate surface area is 223 Å². The van der Waals surface area contributed by atoms with Gasteiger partial charge in [-0.1, -0.05) is 48.5 Å². The number of carbonyl (C=O) groups excluding carboxylic acids is 1. The van der Waals surface area contributed by atoms with Crippen LogP contribution in [0.15, 0.2) is 60.7 Å². The van der Waals surface area contributed by atoms with Crippen molar-refractivity contribution in [3.05, 3.63) is 87.5 Å². The Hall–Kier alpha value is -4.25. The summed E-state index contributed by atoms with van der Waals surface area (Å²) in [6.07, 6.45) is -0.850. The number of ether oxygens (including phenoxy) is 3. The Morgan fingerprint density at radius 1 is 1.03 bits per heavy atom. The van der Waals surface area contributed by atoms with Crippen molar-refractivity contribution in [2.75, 3.05) is 26.6 Å². The maximum atomic E-state index is 12.5. The van der Waals surface area contributed by atoms with Crippen molar-refractivity contribution in [2.45, 2.75) is 17.7 Å². The number of nitrogens with one attached hydrogen (secondary N) is 1. The molecule has 0 aliphatic heterocycles. The molecule has 0 heterocycles. The number of nitrogens with zero attached hydrogens (tertiary/aromatic N) is 1. The van der Waals surface area contributed by atoms with E-state index in [0.717, 1.165) is 34.0 Å². The van der Waals surface area contributed by atoms with Crippen LogP contribution in [0, 0.1) is 10.1 Å². The molecule has 0 spiro atoms. The minimum absolute atomic E-state index is 0.0367. The van der Waals surface area contributed by atoms with Crippen molar-refractivity contribution in [1.82, 2.24) is 5.32 Å². The first kappa shape index (κ1) is 26.8. The highest BCUT2D eigenvalue weighted by Gasteiger charge is 2.30. The number of benzene rings is 3. The highest BCUT2D eigenvalue weighted by atomic mass is 32.2. The van der Waals surface area contributed by atoms with Gasteiger partial charge in [-0.2, -0.15) is 11.8 Å². The molecule has 0 saturated heterocycles.